The summed E-state index contributed by atoms with van der Waals surface area (Å²) in [6.07, 6.45) is 0. The van der Waals surface area contributed by atoms with E-state index < -0.39 is 11.4 Å². The molecule has 0 aliphatic carbocycles. The van der Waals surface area contributed by atoms with Crippen molar-refractivity contribution in [3.05, 3.63) is 107 Å². The molecule has 1 unspecified atom stereocenters. The van der Waals surface area contributed by atoms with E-state index in [1.165, 1.54) is 17.7 Å². The van der Waals surface area contributed by atoms with Gasteiger partial charge in [0, 0.05) is 23.2 Å². The number of hydrogen-bond donors (Lipinski definition) is 1. The molecule has 0 fully saturated rings. The quantitative estimate of drug-likeness (QED) is 0.582. The lowest BCUT2D eigenvalue weighted by Gasteiger charge is -2.34. The molecule has 0 heterocycles. The van der Waals surface area contributed by atoms with E-state index in [1.807, 2.05) is 48.5 Å². The molecular weight excluding hydrogens is 373 g/mol. The molecule has 0 aliphatic heterocycles. The van der Waals surface area contributed by atoms with Crippen LogP contribution < -0.4 is 0 Å². The molecule has 0 amide bonds. The van der Waals surface area contributed by atoms with Crippen molar-refractivity contribution in [1.82, 2.24) is 4.90 Å². The third kappa shape index (κ3) is 5.36. The van der Waals surface area contributed by atoms with E-state index in [1.54, 1.807) is 12.1 Å². The Balaban J connectivity index is 1.93. The van der Waals surface area contributed by atoms with Gasteiger partial charge in [-0.3, -0.25) is 4.90 Å². The van der Waals surface area contributed by atoms with Crippen LogP contribution in [-0.4, -0.2) is 22.1 Å². The number of halogens is 1. The normalized spacial score (nSPS) is 13.4. The highest BCUT2D eigenvalue weighted by atomic mass is 19.1. The minimum absolute atomic E-state index is 0.103. The van der Waals surface area contributed by atoms with Gasteiger partial charge >= 0.3 is 0 Å². The van der Waals surface area contributed by atoms with Gasteiger partial charge in [-0.15, -0.1) is 0 Å². The van der Waals surface area contributed by atoms with Gasteiger partial charge in [-0.25, -0.2) is 4.39 Å². The van der Waals surface area contributed by atoms with Crippen molar-refractivity contribution in [3.63, 3.8) is 0 Å². The molecule has 0 spiro atoms. The first kappa shape index (κ1) is 21.8. The molecule has 0 bridgehead atoms. The Morgan fingerprint density at radius 3 is 2.03 bits per heavy atom. The van der Waals surface area contributed by atoms with Gasteiger partial charge < -0.3 is 5.11 Å². The van der Waals surface area contributed by atoms with Gasteiger partial charge in [-0.1, -0.05) is 84.6 Å². The van der Waals surface area contributed by atoms with Crippen molar-refractivity contribution in [2.24, 2.45) is 0 Å². The van der Waals surface area contributed by atoms with Crippen LogP contribution in [0.2, 0.25) is 0 Å². The monoisotopic (exact) mass is 401 g/mol. The second-order valence-electron chi connectivity index (χ2n) is 8.40. The molecule has 0 radical (unpaired) electrons. The van der Waals surface area contributed by atoms with Gasteiger partial charge in [0.15, 0.2) is 5.60 Å². The smallest absolute Gasteiger partial charge is 0.177 e. The van der Waals surface area contributed by atoms with Crippen LogP contribution in [-0.2, 0) is 12.1 Å². The Bertz CT molecular complexity index is 1020. The number of aliphatic hydroxyl groups is 1. The van der Waals surface area contributed by atoms with Crippen molar-refractivity contribution in [1.29, 1.82) is 0 Å². The van der Waals surface area contributed by atoms with Crippen LogP contribution in [0.5, 0.6) is 0 Å². The molecule has 2 nitrogen and oxygen atoms in total. The maximum Gasteiger partial charge on any atom is 0.177 e. The summed E-state index contributed by atoms with van der Waals surface area (Å²) in [7, 11) is 0. The van der Waals surface area contributed by atoms with Crippen LogP contribution in [0.3, 0.4) is 0 Å². The molecule has 154 valence electrons. The van der Waals surface area contributed by atoms with Crippen LogP contribution in [0, 0.1) is 17.7 Å². The van der Waals surface area contributed by atoms with Crippen LogP contribution >= 0.6 is 0 Å². The third-order valence-electron chi connectivity index (χ3n) is 5.14. The highest BCUT2D eigenvalue weighted by molar-refractivity contribution is 5.44. The van der Waals surface area contributed by atoms with E-state index in [0.717, 1.165) is 6.54 Å². The van der Waals surface area contributed by atoms with E-state index in [2.05, 4.69) is 49.6 Å². The maximum atomic E-state index is 13.9. The molecular formula is C27H28FNO. The van der Waals surface area contributed by atoms with Crippen LogP contribution in [0.25, 0.3) is 0 Å². The minimum atomic E-state index is -1.58. The number of nitrogens with zero attached hydrogens (tertiary/aromatic N) is 1. The Hall–Kier alpha value is -2.93. The fourth-order valence-electron chi connectivity index (χ4n) is 3.30. The first-order valence-corrected chi connectivity index (χ1v) is 10.1. The zero-order valence-corrected chi connectivity index (χ0v) is 17.8. The molecule has 30 heavy (non-hydrogen) atoms. The van der Waals surface area contributed by atoms with Crippen molar-refractivity contribution in [2.45, 2.75) is 38.5 Å². The first-order chi connectivity index (χ1) is 14.3. The van der Waals surface area contributed by atoms with E-state index in [0.29, 0.717) is 17.7 Å². The van der Waals surface area contributed by atoms with E-state index in [-0.39, 0.29) is 5.54 Å². The van der Waals surface area contributed by atoms with Crippen molar-refractivity contribution in [3.8, 4) is 11.8 Å². The average Bonchev–Trinajstić information content (AvgIpc) is 2.73. The molecule has 0 saturated heterocycles. The zero-order chi connectivity index (χ0) is 21.6. The van der Waals surface area contributed by atoms with Gasteiger partial charge in [0.05, 0.1) is 6.54 Å². The standard InChI is InChI=1S/C27H28FNO/c1-26(2,3)29(21-22-12-6-4-7-13-22)19-11-18-27(30,23-14-8-5-9-15-23)24-16-10-17-25(28)20-24/h4-10,12-17,20,30H,19,21H2,1-3H3. The first-order valence-electron chi connectivity index (χ1n) is 10.1. The summed E-state index contributed by atoms with van der Waals surface area (Å²) in [6, 6.07) is 25.4. The van der Waals surface area contributed by atoms with Gasteiger partial charge in [0.2, 0.25) is 0 Å². The largest absolute Gasteiger partial charge is 0.369 e. The van der Waals surface area contributed by atoms with Crippen LogP contribution in [0.4, 0.5) is 4.39 Å². The zero-order valence-electron chi connectivity index (χ0n) is 17.8. The second-order valence-corrected chi connectivity index (χ2v) is 8.40. The SMILES string of the molecule is CC(C)(C)N(CC#CC(O)(c1ccccc1)c1cccc(F)c1)Cc1ccccc1. The lowest BCUT2D eigenvalue weighted by molar-refractivity contribution is 0.140. The average molecular weight is 402 g/mol. The predicted molar refractivity (Wildman–Crippen MR) is 120 cm³/mol. The van der Waals surface area contributed by atoms with Crippen LogP contribution in [0.15, 0.2) is 84.9 Å². The Morgan fingerprint density at radius 1 is 0.833 bits per heavy atom. The van der Waals surface area contributed by atoms with E-state index in [9.17, 15) is 9.50 Å². The van der Waals surface area contributed by atoms with E-state index >= 15 is 0 Å². The number of hydrogen-bond acceptors (Lipinski definition) is 2. The van der Waals surface area contributed by atoms with Crippen molar-refractivity contribution in [2.75, 3.05) is 6.54 Å². The highest BCUT2D eigenvalue weighted by Crippen LogP contribution is 2.29. The minimum Gasteiger partial charge on any atom is -0.369 e. The van der Waals surface area contributed by atoms with Crippen molar-refractivity contribution >= 4 is 0 Å². The second kappa shape index (κ2) is 9.26. The Morgan fingerprint density at radius 2 is 1.43 bits per heavy atom. The summed E-state index contributed by atoms with van der Waals surface area (Å²) in [4.78, 5) is 2.26. The summed E-state index contributed by atoms with van der Waals surface area (Å²) >= 11 is 0. The number of rotatable bonds is 5. The van der Waals surface area contributed by atoms with Crippen LogP contribution in [0.1, 0.15) is 37.5 Å². The molecule has 3 heteroatoms. The highest BCUT2D eigenvalue weighted by Gasteiger charge is 2.30. The van der Waals surface area contributed by atoms with Gasteiger partial charge in [0.1, 0.15) is 5.82 Å². The molecule has 1 atom stereocenters. The molecule has 0 saturated carbocycles. The topological polar surface area (TPSA) is 23.5 Å². The number of benzene rings is 3. The summed E-state index contributed by atoms with van der Waals surface area (Å²) in [6.45, 7) is 7.67. The summed E-state index contributed by atoms with van der Waals surface area (Å²) in [5, 5.41) is 11.5. The Labute approximate surface area is 179 Å². The lowest BCUT2D eigenvalue weighted by atomic mass is 9.87. The van der Waals surface area contributed by atoms with Gasteiger partial charge in [-0.2, -0.15) is 0 Å². The fourth-order valence-corrected chi connectivity index (χ4v) is 3.30. The summed E-state index contributed by atoms with van der Waals surface area (Å²) in [5.74, 6) is 5.82. The molecule has 3 aromatic rings. The van der Waals surface area contributed by atoms with Gasteiger partial charge in [0.25, 0.3) is 0 Å². The van der Waals surface area contributed by atoms with Crippen molar-refractivity contribution < 1.29 is 9.50 Å². The van der Waals surface area contributed by atoms with E-state index in [4.69, 9.17) is 0 Å². The molecule has 1 N–H and O–H groups in total. The molecule has 0 aliphatic rings. The molecule has 0 aromatic heterocycles. The third-order valence-corrected chi connectivity index (χ3v) is 5.14. The predicted octanol–water partition coefficient (Wildman–Crippen LogP) is 5.37. The Kier molecular flexibility index (Phi) is 6.72. The lowest BCUT2D eigenvalue weighted by Crippen LogP contribution is -2.41. The summed E-state index contributed by atoms with van der Waals surface area (Å²) in [5.41, 5.74) is 0.561. The fraction of sp³-hybridized carbons (Fsp3) is 0.259. The maximum absolute atomic E-state index is 13.9. The molecule has 3 rings (SSSR count). The summed E-state index contributed by atoms with van der Waals surface area (Å²) < 4.78 is 13.9. The van der Waals surface area contributed by atoms with Gasteiger partial charge in [-0.05, 0) is 38.5 Å². The molecule has 3 aromatic carbocycles.